The Bertz CT molecular complexity index is 622. The van der Waals surface area contributed by atoms with Crippen LogP contribution in [0.2, 0.25) is 0 Å². The number of carboxylic acids is 1. The van der Waals surface area contributed by atoms with Crippen molar-refractivity contribution in [1.29, 1.82) is 0 Å². The second-order valence-corrected chi connectivity index (χ2v) is 4.88. The number of hydrogen-bond donors (Lipinski definition) is 0. The maximum atomic E-state index is 11.8. The van der Waals surface area contributed by atoms with E-state index in [2.05, 4.69) is 5.16 Å². The molecule has 0 spiro atoms. The van der Waals surface area contributed by atoms with Gasteiger partial charge >= 0.3 is 29.6 Å². The Labute approximate surface area is 134 Å². The third kappa shape index (κ3) is 2.27. The van der Waals surface area contributed by atoms with Crippen LogP contribution in [0.3, 0.4) is 0 Å². The maximum absolute atomic E-state index is 11.8. The second kappa shape index (κ2) is 5.16. The van der Waals surface area contributed by atoms with Gasteiger partial charge in [0.25, 0.3) is 5.91 Å². The number of rotatable bonds is 2. The molecule has 3 heterocycles. The predicted octanol–water partition coefficient (Wildman–Crippen LogP) is -3.12. The number of thioether (sulfide) groups is 1. The summed E-state index contributed by atoms with van der Waals surface area (Å²) in [6, 6.07) is 1.70. The molecule has 0 aliphatic carbocycles. The summed E-state index contributed by atoms with van der Waals surface area (Å²) in [5.41, 5.74) is 1.14. The van der Waals surface area contributed by atoms with Gasteiger partial charge in [-0.25, -0.2) is 0 Å². The van der Waals surface area contributed by atoms with Crippen molar-refractivity contribution in [1.82, 2.24) is 10.1 Å². The van der Waals surface area contributed by atoms with E-state index < -0.39 is 5.97 Å². The summed E-state index contributed by atoms with van der Waals surface area (Å²) in [5.74, 6) is -1.19. The first-order chi connectivity index (χ1) is 8.58. The third-order valence-corrected chi connectivity index (χ3v) is 3.77. The molecule has 19 heavy (non-hydrogen) atoms. The number of hydrogen-bond acceptors (Lipinski definition) is 6. The molecule has 1 fully saturated rings. The largest absolute Gasteiger partial charge is 1.00 e. The van der Waals surface area contributed by atoms with Crippen LogP contribution in [0.15, 0.2) is 27.3 Å². The second-order valence-electron chi connectivity index (χ2n) is 3.92. The molecule has 0 bridgehead atoms. The Morgan fingerprint density at radius 3 is 2.95 bits per heavy atom. The number of carbonyl (C=O) groups excluding carboxylic acids is 2. The average molecular weight is 286 g/mol. The van der Waals surface area contributed by atoms with E-state index in [9.17, 15) is 14.7 Å². The first-order valence-electron chi connectivity index (χ1n) is 5.13. The first kappa shape index (κ1) is 14.4. The molecule has 0 N–H and O–H groups in total. The van der Waals surface area contributed by atoms with Gasteiger partial charge in [-0.15, -0.1) is 11.8 Å². The van der Waals surface area contributed by atoms with Gasteiger partial charge < -0.3 is 14.4 Å². The van der Waals surface area contributed by atoms with Crippen molar-refractivity contribution in [3.05, 3.63) is 34.2 Å². The minimum absolute atomic E-state index is 0. The normalized spacial score (nSPS) is 22.7. The van der Waals surface area contributed by atoms with Gasteiger partial charge in [0.1, 0.15) is 5.37 Å². The summed E-state index contributed by atoms with van der Waals surface area (Å²) in [6.45, 7) is 1.78. The number of aromatic nitrogens is 1. The Morgan fingerprint density at radius 2 is 2.37 bits per heavy atom. The molecule has 0 aromatic carbocycles. The number of aryl methyl sites for hydroxylation is 1. The van der Waals surface area contributed by atoms with E-state index in [1.54, 1.807) is 19.1 Å². The molecule has 1 amide bonds. The monoisotopic (exact) mass is 286 g/mol. The van der Waals surface area contributed by atoms with E-state index in [0.29, 0.717) is 11.3 Å². The molecule has 0 radical (unpaired) electrons. The fourth-order valence-corrected chi connectivity index (χ4v) is 2.98. The van der Waals surface area contributed by atoms with E-state index >= 15 is 0 Å². The van der Waals surface area contributed by atoms with Gasteiger partial charge in [-0.2, -0.15) is 0 Å². The van der Waals surface area contributed by atoms with Gasteiger partial charge in [-0.05, 0) is 18.4 Å². The van der Waals surface area contributed by atoms with Crippen molar-refractivity contribution in [3.8, 4) is 0 Å². The molecule has 2 aliphatic heterocycles. The minimum atomic E-state index is -1.34. The van der Waals surface area contributed by atoms with E-state index in [-0.39, 0.29) is 46.5 Å². The fraction of sp³-hybridized carbons (Fsp3) is 0.182. The zero-order valence-electron chi connectivity index (χ0n) is 10.2. The standard InChI is InChI=1S/C11H8N2O4S.Na/c1-5-2-6(17-12-5)3-7-9(14)13-8(11(15)16)4-18-10(7)13;/h2-4,10H,1H3,(H,15,16);/q;+1/p-1/b7-3+;/t10-;/m1./s1. The number of carbonyl (C=O) groups is 2. The Balaban J connectivity index is 0.00000133. The van der Waals surface area contributed by atoms with Crippen LogP contribution in [0.5, 0.6) is 0 Å². The van der Waals surface area contributed by atoms with Crippen molar-refractivity contribution < 1.29 is 48.8 Å². The summed E-state index contributed by atoms with van der Waals surface area (Å²) < 4.78 is 4.99. The van der Waals surface area contributed by atoms with Crippen molar-refractivity contribution in [2.24, 2.45) is 0 Å². The molecule has 1 aromatic heterocycles. The van der Waals surface area contributed by atoms with Crippen LogP contribution in [0.1, 0.15) is 11.5 Å². The smallest absolute Gasteiger partial charge is 0.543 e. The van der Waals surface area contributed by atoms with Gasteiger partial charge in [0.2, 0.25) is 0 Å². The van der Waals surface area contributed by atoms with Crippen molar-refractivity contribution in [2.45, 2.75) is 12.3 Å². The van der Waals surface area contributed by atoms with E-state index in [1.807, 2.05) is 0 Å². The fourth-order valence-electron chi connectivity index (χ4n) is 1.86. The number of β-lactam (4-membered cyclic amide) rings is 1. The van der Waals surface area contributed by atoms with Gasteiger partial charge in [-0.1, -0.05) is 5.16 Å². The molecule has 1 atom stereocenters. The number of nitrogens with zero attached hydrogens (tertiary/aromatic N) is 2. The maximum Gasteiger partial charge on any atom is 1.00 e. The Hall–Kier alpha value is -1.02. The topological polar surface area (TPSA) is 86.5 Å². The van der Waals surface area contributed by atoms with Crippen LogP contribution in [0.4, 0.5) is 0 Å². The molecule has 3 rings (SSSR count). The third-order valence-electron chi connectivity index (χ3n) is 2.69. The van der Waals surface area contributed by atoms with E-state index in [1.165, 1.54) is 22.1 Å². The molecular weight excluding hydrogens is 279 g/mol. The molecule has 1 saturated heterocycles. The summed E-state index contributed by atoms with van der Waals surface area (Å²) in [7, 11) is 0. The number of carboxylic acid groups (broad SMARTS) is 1. The van der Waals surface area contributed by atoms with Crippen molar-refractivity contribution >= 4 is 29.7 Å². The number of aliphatic carboxylic acids is 1. The van der Waals surface area contributed by atoms with Crippen LogP contribution in [-0.4, -0.2) is 27.3 Å². The number of fused-ring (bicyclic) bond motifs is 1. The average Bonchev–Trinajstić information content (AvgIpc) is 2.89. The van der Waals surface area contributed by atoms with Gasteiger partial charge in [-0.3, -0.25) is 9.69 Å². The molecular formula is C11H7N2NaO4S. The Morgan fingerprint density at radius 1 is 1.63 bits per heavy atom. The molecule has 0 unspecified atom stereocenters. The van der Waals surface area contributed by atoms with Crippen LogP contribution in [0.25, 0.3) is 6.08 Å². The molecule has 2 aliphatic rings. The molecule has 1 aromatic rings. The molecule has 8 heteroatoms. The molecule has 6 nitrogen and oxygen atoms in total. The van der Waals surface area contributed by atoms with Gasteiger partial charge in [0.05, 0.1) is 22.9 Å². The van der Waals surface area contributed by atoms with Crippen LogP contribution < -0.4 is 34.7 Å². The SMILES string of the molecule is Cc1cc(/C=C2\C(=O)N3C(C(=O)[O-])=CS[C@H]23)on1.[Na+]. The van der Waals surface area contributed by atoms with Crippen LogP contribution in [0, 0.1) is 6.92 Å². The zero-order valence-corrected chi connectivity index (χ0v) is 13.1. The van der Waals surface area contributed by atoms with Crippen molar-refractivity contribution in [3.63, 3.8) is 0 Å². The zero-order chi connectivity index (χ0) is 12.9. The van der Waals surface area contributed by atoms with Crippen LogP contribution >= 0.6 is 11.8 Å². The van der Waals surface area contributed by atoms with Gasteiger partial charge in [0.15, 0.2) is 5.76 Å². The number of amides is 1. The molecule has 92 valence electrons. The van der Waals surface area contributed by atoms with Gasteiger partial charge in [0, 0.05) is 6.07 Å². The molecule has 0 saturated carbocycles. The minimum Gasteiger partial charge on any atom is -0.543 e. The van der Waals surface area contributed by atoms with Crippen LogP contribution in [-0.2, 0) is 9.59 Å². The summed E-state index contributed by atoms with van der Waals surface area (Å²) in [4.78, 5) is 23.8. The van der Waals surface area contributed by atoms with E-state index in [4.69, 9.17) is 4.52 Å². The summed E-state index contributed by atoms with van der Waals surface area (Å²) >= 11 is 1.26. The predicted molar refractivity (Wildman–Crippen MR) is 60.5 cm³/mol. The summed E-state index contributed by atoms with van der Waals surface area (Å²) in [6.07, 6.45) is 1.59. The first-order valence-corrected chi connectivity index (χ1v) is 6.07. The quantitative estimate of drug-likeness (QED) is 0.325. The Kier molecular flexibility index (Phi) is 3.91. The van der Waals surface area contributed by atoms with E-state index in [0.717, 1.165) is 5.69 Å². The van der Waals surface area contributed by atoms with Crippen molar-refractivity contribution in [2.75, 3.05) is 0 Å². The summed E-state index contributed by atoms with van der Waals surface area (Å²) in [5, 5.41) is 15.6.